The first-order valence-corrected chi connectivity index (χ1v) is 7.61. The van der Waals surface area contributed by atoms with Crippen LogP contribution in [-0.2, 0) is 13.6 Å². The largest absolute Gasteiger partial charge is 0.396 e. The second-order valence-electron chi connectivity index (χ2n) is 3.35. The molecule has 0 spiro atoms. The number of rotatable bonds is 9. The first-order chi connectivity index (χ1) is 8.11. The van der Waals surface area contributed by atoms with Crippen LogP contribution < -0.4 is 0 Å². The second kappa shape index (κ2) is 9.60. The number of aliphatic hydroxyl groups excluding tert-OH is 1. The maximum absolute atomic E-state index is 12.1. The summed E-state index contributed by atoms with van der Waals surface area (Å²) >= 11 is 0. The van der Waals surface area contributed by atoms with Crippen molar-refractivity contribution in [1.29, 1.82) is 0 Å². The molecule has 0 saturated carbocycles. The van der Waals surface area contributed by atoms with Crippen molar-refractivity contribution in [3.63, 3.8) is 0 Å². The van der Waals surface area contributed by atoms with Crippen molar-refractivity contribution in [3.05, 3.63) is 23.5 Å². The molecule has 0 unspecified atom stereocenters. The Morgan fingerprint density at radius 2 is 1.82 bits per heavy atom. The van der Waals surface area contributed by atoms with Gasteiger partial charge < -0.3 is 14.2 Å². The minimum Gasteiger partial charge on any atom is -0.396 e. The zero-order chi connectivity index (χ0) is 13.1. The van der Waals surface area contributed by atoms with Gasteiger partial charge in [-0.1, -0.05) is 19.1 Å². The molecule has 0 aliphatic carbocycles. The molecule has 0 heterocycles. The van der Waals surface area contributed by atoms with Crippen molar-refractivity contribution in [3.8, 4) is 0 Å². The van der Waals surface area contributed by atoms with Gasteiger partial charge in [-0.05, 0) is 32.3 Å². The van der Waals surface area contributed by atoms with Crippen LogP contribution in [0.15, 0.2) is 23.5 Å². The molecule has 4 nitrogen and oxygen atoms in total. The normalized spacial score (nSPS) is 13.5. The predicted octanol–water partition coefficient (Wildman–Crippen LogP) is 3.49. The molecule has 0 radical (unpaired) electrons. The van der Waals surface area contributed by atoms with Gasteiger partial charge in [0, 0.05) is 12.4 Å². The third-order valence-corrected chi connectivity index (χ3v) is 3.71. The Kier molecular flexibility index (Phi) is 9.37. The van der Waals surface area contributed by atoms with Crippen LogP contribution in [0.5, 0.6) is 0 Å². The van der Waals surface area contributed by atoms with Crippen molar-refractivity contribution < 1.29 is 18.7 Å². The summed E-state index contributed by atoms with van der Waals surface area (Å²) in [7, 11) is -3.12. The van der Waals surface area contributed by atoms with Gasteiger partial charge in [-0.3, -0.25) is 4.57 Å². The molecule has 17 heavy (non-hydrogen) atoms. The summed E-state index contributed by atoms with van der Waals surface area (Å²) in [6.07, 6.45) is 5.11. The molecule has 0 bridgehead atoms. The minimum atomic E-state index is -3.12. The average molecular weight is 262 g/mol. The number of allylic oxidation sites excluding steroid dienone is 2. The number of hydrogen-bond acceptors (Lipinski definition) is 4. The van der Waals surface area contributed by atoms with Crippen molar-refractivity contribution in [2.45, 2.75) is 33.6 Å². The maximum atomic E-state index is 12.1. The van der Waals surface area contributed by atoms with Crippen LogP contribution in [0.2, 0.25) is 0 Å². The van der Waals surface area contributed by atoms with E-state index in [1.54, 1.807) is 19.9 Å². The van der Waals surface area contributed by atoms with Crippen LogP contribution in [0, 0.1) is 0 Å². The molecule has 0 aromatic carbocycles. The Balaban J connectivity index is 4.71. The number of aliphatic hydroxyl groups is 1. The summed E-state index contributed by atoms with van der Waals surface area (Å²) in [6.45, 7) is 6.31. The molecule has 1 N–H and O–H groups in total. The fraction of sp³-hybridized carbons (Fsp3) is 0.667. The Bertz CT molecular complexity index is 287. The lowest BCUT2D eigenvalue weighted by Gasteiger charge is -2.12. The van der Waals surface area contributed by atoms with E-state index in [2.05, 4.69) is 0 Å². The van der Waals surface area contributed by atoms with Crippen LogP contribution in [0.1, 0.15) is 33.6 Å². The van der Waals surface area contributed by atoms with Gasteiger partial charge in [-0.15, -0.1) is 0 Å². The SMILES string of the molecule is CC/C=C(/C=C/P(=O)(OCC)OCC)CCO. The van der Waals surface area contributed by atoms with Gasteiger partial charge in [-0.25, -0.2) is 0 Å². The fourth-order valence-corrected chi connectivity index (χ4v) is 2.66. The summed E-state index contributed by atoms with van der Waals surface area (Å²) in [5, 5.41) is 8.89. The van der Waals surface area contributed by atoms with Gasteiger partial charge in [-0.2, -0.15) is 0 Å². The standard InChI is InChI=1S/C12H23O4P/c1-4-7-12(8-10-13)9-11-17(14,15-5-2)16-6-3/h7,9,11,13H,4-6,8,10H2,1-3H3/b11-9+,12-7+. The highest BCUT2D eigenvalue weighted by molar-refractivity contribution is 7.57. The summed E-state index contributed by atoms with van der Waals surface area (Å²) in [4.78, 5) is 0. The van der Waals surface area contributed by atoms with Crippen LogP contribution in [0.3, 0.4) is 0 Å². The molecule has 0 aliphatic rings. The van der Waals surface area contributed by atoms with Gasteiger partial charge in [0.2, 0.25) is 0 Å². The molecule has 0 fully saturated rings. The first-order valence-electron chi connectivity index (χ1n) is 5.99. The van der Waals surface area contributed by atoms with E-state index in [9.17, 15) is 4.57 Å². The number of hydrogen-bond donors (Lipinski definition) is 1. The van der Waals surface area contributed by atoms with Crippen molar-refractivity contribution in [2.24, 2.45) is 0 Å². The highest BCUT2D eigenvalue weighted by atomic mass is 31.2. The highest BCUT2D eigenvalue weighted by Gasteiger charge is 2.18. The molecule has 0 saturated heterocycles. The van der Waals surface area contributed by atoms with Crippen molar-refractivity contribution >= 4 is 7.60 Å². The van der Waals surface area contributed by atoms with Crippen LogP contribution in [0.25, 0.3) is 0 Å². The maximum Gasteiger partial charge on any atom is 0.354 e. The molecule has 0 aromatic rings. The molecule has 0 aliphatic heterocycles. The monoisotopic (exact) mass is 262 g/mol. The van der Waals surface area contributed by atoms with Crippen LogP contribution in [-0.4, -0.2) is 24.9 Å². The molecular weight excluding hydrogens is 239 g/mol. The van der Waals surface area contributed by atoms with E-state index in [1.807, 2.05) is 13.0 Å². The summed E-state index contributed by atoms with van der Waals surface area (Å²) in [6, 6.07) is 0. The fourth-order valence-electron chi connectivity index (χ4n) is 1.31. The molecule has 0 amide bonds. The molecule has 5 heteroatoms. The van der Waals surface area contributed by atoms with E-state index in [4.69, 9.17) is 14.2 Å². The van der Waals surface area contributed by atoms with E-state index < -0.39 is 7.60 Å². The highest BCUT2D eigenvalue weighted by Crippen LogP contribution is 2.49. The predicted molar refractivity (Wildman–Crippen MR) is 70.1 cm³/mol. The molecule has 100 valence electrons. The zero-order valence-electron chi connectivity index (χ0n) is 10.9. The lowest BCUT2D eigenvalue weighted by Crippen LogP contribution is -1.93. The van der Waals surface area contributed by atoms with Gasteiger partial charge in [0.1, 0.15) is 0 Å². The second-order valence-corrected chi connectivity index (χ2v) is 5.25. The van der Waals surface area contributed by atoms with Gasteiger partial charge in [0.05, 0.1) is 13.2 Å². The third kappa shape index (κ3) is 7.50. The topological polar surface area (TPSA) is 55.8 Å². The summed E-state index contributed by atoms with van der Waals surface area (Å²) < 4.78 is 22.4. The van der Waals surface area contributed by atoms with Gasteiger partial charge >= 0.3 is 7.60 Å². The van der Waals surface area contributed by atoms with Crippen molar-refractivity contribution in [2.75, 3.05) is 19.8 Å². The Morgan fingerprint density at radius 1 is 1.24 bits per heavy atom. The third-order valence-electron chi connectivity index (χ3n) is 1.96. The van der Waals surface area contributed by atoms with Crippen LogP contribution in [0.4, 0.5) is 0 Å². The van der Waals surface area contributed by atoms with Crippen LogP contribution >= 0.6 is 7.60 Å². The Labute approximate surface area is 104 Å². The van der Waals surface area contributed by atoms with Gasteiger partial charge in [0.15, 0.2) is 0 Å². The average Bonchev–Trinajstić information content (AvgIpc) is 2.27. The molecule has 0 atom stereocenters. The minimum absolute atomic E-state index is 0.0732. The van der Waals surface area contributed by atoms with E-state index >= 15 is 0 Å². The smallest absolute Gasteiger partial charge is 0.354 e. The van der Waals surface area contributed by atoms with Crippen molar-refractivity contribution in [1.82, 2.24) is 0 Å². The van der Waals surface area contributed by atoms with E-state index in [-0.39, 0.29) is 6.61 Å². The van der Waals surface area contributed by atoms with E-state index in [0.29, 0.717) is 19.6 Å². The molecule has 0 aromatic heterocycles. The molecule has 0 rings (SSSR count). The van der Waals surface area contributed by atoms with Gasteiger partial charge in [0.25, 0.3) is 0 Å². The van der Waals surface area contributed by atoms with E-state index in [1.165, 1.54) is 5.82 Å². The zero-order valence-corrected chi connectivity index (χ0v) is 11.8. The Hall–Kier alpha value is -0.410. The Morgan fingerprint density at radius 3 is 2.24 bits per heavy atom. The lowest BCUT2D eigenvalue weighted by molar-refractivity contribution is 0.229. The summed E-state index contributed by atoms with van der Waals surface area (Å²) in [5.41, 5.74) is 0.939. The quantitative estimate of drug-likeness (QED) is 0.510. The first kappa shape index (κ1) is 16.6. The summed E-state index contributed by atoms with van der Waals surface area (Å²) in [5.74, 6) is 1.47. The molecular formula is C12H23O4P. The lowest BCUT2D eigenvalue weighted by atomic mass is 10.1. The van der Waals surface area contributed by atoms with E-state index in [0.717, 1.165) is 12.0 Å².